The first-order chi connectivity index (χ1) is 10.2. The van der Waals surface area contributed by atoms with Gasteiger partial charge < -0.3 is 5.32 Å². The van der Waals surface area contributed by atoms with Crippen LogP contribution in [0.15, 0.2) is 59.1 Å². The van der Waals surface area contributed by atoms with E-state index in [0.29, 0.717) is 12.1 Å². The minimum atomic E-state index is 0.486. The van der Waals surface area contributed by atoms with Crippen LogP contribution in [0.25, 0.3) is 0 Å². The Labute approximate surface area is 136 Å². The minimum absolute atomic E-state index is 0.486. The van der Waals surface area contributed by atoms with E-state index in [1.54, 1.807) is 0 Å². The fourth-order valence-corrected chi connectivity index (χ4v) is 2.92. The quantitative estimate of drug-likeness (QED) is 0.745. The SMILES string of the molecule is CCC(Cc1ccccc1)NC(C)Cc1ccc(Br)cc1. The summed E-state index contributed by atoms with van der Waals surface area (Å²) in [6.07, 6.45) is 3.32. The molecule has 112 valence electrons. The Hall–Kier alpha value is -1.12. The van der Waals surface area contributed by atoms with Gasteiger partial charge in [0.15, 0.2) is 0 Å². The van der Waals surface area contributed by atoms with Crippen molar-refractivity contribution in [3.63, 3.8) is 0 Å². The van der Waals surface area contributed by atoms with Crippen LogP contribution in [0.4, 0.5) is 0 Å². The van der Waals surface area contributed by atoms with Gasteiger partial charge in [-0.25, -0.2) is 0 Å². The molecule has 2 unspecified atom stereocenters. The molecule has 0 fully saturated rings. The molecule has 0 spiro atoms. The first-order valence-electron chi connectivity index (χ1n) is 7.71. The van der Waals surface area contributed by atoms with Crippen molar-refractivity contribution in [2.24, 2.45) is 0 Å². The second-order valence-electron chi connectivity index (χ2n) is 5.69. The predicted octanol–water partition coefficient (Wildman–Crippen LogP) is 4.99. The standard InChI is InChI=1S/C19H24BrN/c1-3-19(14-16-7-5-4-6-8-16)21-15(2)13-17-9-11-18(20)12-10-17/h4-12,15,19,21H,3,13-14H2,1-2H3. The van der Waals surface area contributed by atoms with Crippen LogP contribution in [0, 0.1) is 0 Å². The molecule has 0 amide bonds. The lowest BCUT2D eigenvalue weighted by atomic mass is 10.0. The van der Waals surface area contributed by atoms with Gasteiger partial charge in [-0.2, -0.15) is 0 Å². The van der Waals surface area contributed by atoms with Crippen molar-refractivity contribution in [1.29, 1.82) is 0 Å². The van der Waals surface area contributed by atoms with Crippen LogP contribution in [0.5, 0.6) is 0 Å². The van der Waals surface area contributed by atoms with Gasteiger partial charge in [0.25, 0.3) is 0 Å². The van der Waals surface area contributed by atoms with Gasteiger partial charge >= 0.3 is 0 Å². The number of halogens is 1. The van der Waals surface area contributed by atoms with Gasteiger partial charge in [0.05, 0.1) is 0 Å². The van der Waals surface area contributed by atoms with Crippen LogP contribution < -0.4 is 5.32 Å². The first-order valence-corrected chi connectivity index (χ1v) is 8.51. The van der Waals surface area contributed by atoms with Gasteiger partial charge in [-0.05, 0) is 49.4 Å². The number of nitrogens with one attached hydrogen (secondary N) is 1. The largest absolute Gasteiger partial charge is 0.311 e. The third-order valence-electron chi connectivity index (χ3n) is 3.79. The van der Waals surface area contributed by atoms with E-state index < -0.39 is 0 Å². The van der Waals surface area contributed by atoms with Gasteiger partial charge in [0, 0.05) is 16.6 Å². The molecular weight excluding hydrogens is 322 g/mol. The zero-order chi connectivity index (χ0) is 15.1. The van der Waals surface area contributed by atoms with Crippen molar-refractivity contribution in [3.05, 3.63) is 70.2 Å². The smallest absolute Gasteiger partial charge is 0.0175 e. The summed E-state index contributed by atoms with van der Waals surface area (Å²) in [6, 6.07) is 20.4. The Balaban J connectivity index is 1.87. The zero-order valence-electron chi connectivity index (χ0n) is 12.9. The van der Waals surface area contributed by atoms with Gasteiger partial charge in [-0.1, -0.05) is 65.3 Å². The number of hydrogen-bond donors (Lipinski definition) is 1. The second-order valence-corrected chi connectivity index (χ2v) is 6.61. The van der Waals surface area contributed by atoms with E-state index in [9.17, 15) is 0 Å². The van der Waals surface area contributed by atoms with E-state index in [0.717, 1.165) is 23.7 Å². The third-order valence-corrected chi connectivity index (χ3v) is 4.32. The molecule has 2 atom stereocenters. The molecule has 2 aromatic carbocycles. The molecule has 2 aromatic rings. The molecule has 0 radical (unpaired) electrons. The average Bonchev–Trinajstić information content (AvgIpc) is 2.50. The summed E-state index contributed by atoms with van der Waals surface area (Å²) in [6.45, 7) is 4.53. The summed E-state index contributed by atoms with van der Waals surface area (Å²) in [4.78, 5) is 0. The van der Waals surface area contributed by atoms with E-state index >= 15 is 0 Å². The van der Waals surface area contributed by atoms with E-state index in [1.807, 2.05) is 0 Å². The van der Waals surface area contributed by atoms with Crippen molar-refractivity contribution < 1.29 is 0 Å². The van der Waals surface area contributed by atoms with Crippen molar-refractivity contribution >= 4 is 15.9 Å². The van der Waals surface area contributed by atoms with E-state index in [4.69, 9.17) is 0 Å². The molecule has 0 saturated carbocycles. The van der Waals surface area contributed by atoms with Crippen molar-refractivity contribution in [2.75, 3.05) is 0 Å². The highest BCUT2D eigenvalue weighted by atomic mass is 79.9. The maximum absolute atomic E-state index is 3.77. The second kappa shape index (κ2) is 8.35. The Morgan fingerprint density at radius 1 is 0.905 bits per heavy atom. The molecule has 21 heavy (non-hydrogen) atoms. The van der Waals surface area contributed by atoms with Crippen LogP contribution in [0.1, 0.15) is 31.4 Å². The number of benzene rings is 2. The molecule has 1 nitrogen and oxygen atoms in total. The lowest BCUT2D eigenvalue weighted by molar-refractivity contribution is 0.429. The summed E-state index contributed by atoms with van der Waals surface area (Å²) >= 11 is 3.48. The fraction of sp³-hybridized carbons (Fsp3) is 0.368. The van der Waals surface area contributed by atoms with Gasteiger partial charge in [-0.3, -0.25) is 0 Å². The molecule has 0 heterocycles. The summed E-state index contributed by atoms with van der Waals surface area (Å²) in [5.74, 6) is 0. The third kappa shape index (κ3) is 5.64. The van der Waals surface area contributed by atoms with Crippen molar-refractivity contribution in [2.45, 2.75) is 45.2 Å². The maximum Gasteiger partial charge on any atom is 0.0175 e. The van der Waals surface area contributed by atoms with Gasteiger partial charge in [0.1, 0.15) is 0 Å². The summed E-state index contributed by atoms with van der Waals surface area (Å²) in [5, 5.41) is 3.77. The lowest BCUT2D eigenvalue weighted by Crippen LogP contribution is -2.38. The van der Waals surface area contributed by atoms with Crippen LogP contribution in [-0.4, -0.2) is 12.1 Å². The Morgan fingerprint density at radius 3 is 2.14 bits per heavy atom. The van der Waals surface area contributed by atoms with E-state index in [1.165, 1.54) is 11.1 Å². The zero-order valence-corrected chi connectivity index (χ0v) is 14.4. The predicted molar refractivity (Wildman–Crippen MR) is 94.7 cm³/mol. The molecule has 1 N–H and O–H groups in total. The molecule has 0 aliphatic rings. The van der Waals surface area contributed by atoms with Crippen LogP contribution in [-0.2, 0) is 12.8 Å². The molecule has 2 heteroatoms. The lowest BCUT2D eigenvalue weighted by Gasteiger charge is -2.22. The highest BCUT2D eigenvalue weighted by Crippen LogP contribution is 2.13. The average molecular weight is 346 g/mol. The molecule has 2 rings (SSSR count). The minimum Gasteiger partial charge on any atom is -0.311 e. The van der Waals surface area contributed by atoms with Crippen LogP contribution >= 0.6 is 15.9 Å². The first kappa shape index (κ1) is 16.3. The molecular formula is C19H24BrN. The molecule has 0 aliphatic heterocycles. The van der Waals surface area contributed by atoms with E-state index in [2.05, 4.69) is 89.7 Å². The number of rotatable bonds is 7. The molecule has 0 saturated heterocycles. The summed E-state index contributed by atoms with van der Waals surface area (Å²) < 4.78 is 1.14. The van der Waals surface area contributed by atoms with Gasteiger partial charge in [0.2, 0.25) is 0 Å². The molecule has 0 bridgehead atoms. The molecule has 0 aromatic heterocycles. The Morgan fingerprint density at radius 2 is 1.52 bits per heavy atom. The topological polar surface area (TPSA) is 12.0 Å². The van der Waals surface area contributed by atoms with Crippen molar-refractivity contribution in [3.8, 4) is 0 Å². The summed E-state index contributed by atoms with van der Waals surface area (Å²) in [5.41, 5.74) is 2.79. The monoisotopic (exact) mass is 345 g/mol. The highest BCUT2D eigenvalue weighted by molar-refractivity contribution is 9.10. The fourth-order valence-electron chi connectivity index (χ4n) is 2.66. The normalized spacial score (nSPS) is 13.9. The van der Waals surface area contributed by atoms with Crippen molar-refractivity contribution in [1.82, 2.24) is 5.32 Å². The van der Waals surface area contributed by atoms with Crippen LogP contribution in [0.3, 0.4) is 0 Å². The Bertz CT molecular complexity index is 521. The van der Waals surface area contributed by atoms with Gasteiger partial charge in [-0.15, -0.1) is 0 Å². The summed E-state index contributed by atoms with van der Waals surface area (Å²) in [7, 11) is 0. The Kier molecular flexibility index (Phi) is 6.47. The maximum atomic E-state index is 3.77. The highest BCUT2D eigenvalue weighted by Gasteiger charge is 2.11. The van der Waals surface area contributed by atoms with Crippen LogP contribution in [0.2, 0.25) is 0 Å². The van der Waals surface area contributed by atoms with E-state index in [-0.39, 0.29) is 0 Å². The number of hydrogen-bond acceptors (Lipinski definition) is 1. The molecule has 0 aliphatic carbocycles.